The summed E-state index contributed by atoms with van der Waals surface area (Å²) < 4.78 is 10.5. The Morgan fingerprint density at radius 1 is 0.708 bits per heavy atom. The Balaban J connectivity index is 1.69. The number of unbranched alkanes of at least 4 members (excludes halogenated alkanes) is 1. The molecule has 0 fully saturated rings. The number of allylic oxidation sites excluding steroid dienone is 12. The van der Waals surface area contributed by atoms with Crippen LogP contribution in [0.25, 0.3) is 12.2 Å². The third-order valence-corrected chi connectivity index (χ3v) is 6.86. The number of hydrogen-bond acceptors (Lipinski definition) is 7. The van der Waals surface area contributed by atoms with Crippen molar-refractivity contribution in [3.05, 3.63) is 126 Å². The van der Waals surface area contributed by atoms with Crippen LogP contribution >= 0.6 is 0 Å². The summed E-state index contributed by atoms with van der Waals surface area (Å²) in [4.78, 5) is 36.9. The molecule has 254 valence electrons. The minimum Gasteiger partial charge on any atom is -0.504 e. The van der Waals surface area contributed by atoms with E-state index in [1.165, 1.54) is 25.3 Å². The first-order valence-electron chi connectivity index (χ1n) is 16.3. The maximum absolute atomic E-state index is 12.4. The molecule has 7 nitrogen and oxygen atoms in total. The van der Waals surface area contributed by atoms with Crippen molar-refractivity contribution in [1.29, 1.82) is 0 Å². The van der Waals surface area contributed by atoms with Crippen LogP contribution in [0.3, 0.4) is 0 Å². The molecule has 0 bridgehead atoms. The zero-order valence-electron chi connectivity index (χ0n) is 28.1. The third-order valence-electron chi connectivity index (χ3n) is 6.86. The Kier molecular flexibility index (Phi) is 19.8. The number of carbonyl (C=O) groups excluding carboxylic acids is 3. The Morgan fingerprint density at radius 2 is 1.25 bits per heavy atom. The normalized spacial score (nSPS) is 12.2. The fraction of sp³-hybridized carbons (Fsp3) is 0.293. The zero-order valence-corrected chi connectivity index (χ0v) is 28.1. The minimum atomic E-state index is -0.387. The van der Waals surface area contributed by atoms with Gasteiger partial charge in [0.2, 0.25) is 0 Å². The smallest absolute Gasteiger partial charge is 0.311 e. The number of phenols is 1. The third kappa shape index (κ3) is 17.1. The van der Waals surface area contributed by atoms with E-state index in [0.717, 1.165) is 38.5 Å². The van der Waals surface area contributed by atoms with Gasteiger partial charge >= 0.3 is 5.97 Å². The van der Waals surface area contributed by atoms with Crippen LogP contribution in [0.15, 0.2) is 109 Å². The lowest BCUT2D eigenvalue weighted by Crippen LogP contribution is -2.09. The largest absolute Gasteiger partial charge is 0.504 e. The molecule has 0 aromatic heterocycles. The molecule has 0 aliphatic heterocycles. The predicted molar refractivity (Wildman–Crippen MR) is 194 cm³/mol. The van der Waals surface area contributed by atoms with Crippen LogP contribution < -0.4 is 9.47 Å². The van der Waals surface area contributed by atoms with E-state index in [-0.39, 0.29) is 54.2 Å². The molecule has 2 aromatic carbocycles. The maximum atomic E-state index is 12.4. The molecule has 2 aromatic rings. The van der Waals surface area contributed by atoms with Crippen LogP contribution in [0.5, 0.6) is 17.2 Å². The van der Waals surface area contributed by atoms with Gasteiger partial charge in [0.15, 0.2) is 23.1 Å². The van der Waals surface area contributed by atoms with E-state index in [1.54, 1.807) is 42.5 Å². The molecule has 0 saturated heterocycles. The van der Waals surface area contributed by atoms with Gasteiger partial charge < -0.3 is 19.7 Å². The number of benzene rings is 2. The first-order chi connectivity index (χ1) is 23.4. The number of ether oxygens (including phenoxy) is 2. The molecule has 0 atom stereocenters. The molecule has 0 aliphatic rings. The zero-order chi connectivity index (χ0) is 34.8. The highest BCUT2D eigenvalue weighted by Crippen LogP contribution is 2.27. The van der Waals surface area contributed by atoms with Crippen LogP contribution in [-0.2, 0) is 21.0 Å². The van der Waals surface area contributed by atoms with Gasteiger partial charge in [-0.15, -0.1) is 0 Å². The summed E-state index contributed by atoms with van der Waals surface area (Å²) in [5, 5.41) is 19.5. The van der Waals surface area contributed by atoms with E-state index in [2.05, 4.69) is 67.7 Å². The van der Waals surface area contributed by atoms with Gasteiger partial charge in [-0.2, -0.15) is 0 Å². The van der Waals surface area contributed by atoms with Crippen molar-refractivity contribution in [3.63, 3.8) is 0 Å². The number of aliphatic hydroxyl groups excluding tert-OH is 1. The van der Waals surface area contributed by atoms with Gasteiger partial charge in [-0.1, -0.05) is 92.0 Å². The number of hydrogen-bond donors (Lipinski definition) is 2. The van der Waals surface area contributed by atoms with E-state index in [4.69, 9.17) is 9.47 Å². The highest BCUT2D eigenvalue weighted by molar-refractivity contribution is 6.10. The molecular formula is C41H48O7. The quantitative estimate of drug-likeness (QED) is 0.0326. The number of esters is 1. The van der Waals surface area contributed by atoms with E-state index in [1.807, 2.05) is 0 Å². The van der Waals surface area contributed by atoms with Crippen LogP contribution in [-0.4, -0.2) is 34.9 Å². The SMILES string of the molecule is CCC=CCC=CCC=CCC=CCC=CCCCC(=O)Oc1ccc(C=CC(=O)CC(=O)C=Cc2ccc(O)c(OC)c2)cc1CO. The summed E-state index contributed by atoms with van der Waals surface area (Å²) >= 11 is 0. The second-order valence-electron chi connectivity index (χ2n) is 10.8. The molecule has 2 rings (SSSR count). The topological polar surface area (TPSA) is 110 Å². The highest BCUT2D eigenvalue weighted by Gasteiger charge is 2.10. The number of rotatable bonds is 22. The molecular weight excluding hydrogens is 604 g/mol. The number of aromatic hydroxyl groups is 1. The molecule has 48 heavy (non-hydrogen) atoms. The first kappa shape index (κ1) is 39.2. The monoisotopic (exact) mass is 652 g/mol. The van der Waals surface area contributed by atoms with Gasteiger partial charge in [-0.05, 0) is 92.5 Å². The lowest BCUT2D eigenvalue weighted by molar-refractivity contribution is -0.134. The lowest BCUT2D eigenvalue weighted by atomic mass is 10.1. The van der Waals surface area contributed by atoms with Gasteiger partial charge in [-0.3, -0.25) is 14.4 Å². The predicted octanol–water partition coefficient (Wildman–Crippen LogP) is 8.98. The number of methoxy groups -OCH3 is 1. The average molecular weight is 653 g/mol. The van der Waals surface area contributed by atoms with E-state index in [0.29, 0.717) is 23.1 Å². The fourth-order valence-electron chi connectivity index (χ4n) is 4.30. The summed E-state index contributed by atoms with van der Waals surface area (Å²) in [6.07, 6.45) is 33.3. The van der Waals surface area contributed by atoms with Gasteiger partial charge in [0, 0.05) is 12.0 Å². The summed E-state index contributed by atoms with van der Waals surface area (Å²) in [6.45, 7) is 1.79. The number of carbonyl (C=O) groups is 3. The Hall–Kier alpha value is -5.01. The molecule has 0 spiro atoms. The summed E-state index contributed by atoms with van der Waals surface area (Å²) in [6, 6.07) is 9.53. The van der Waals surface area contributed by atoms with Crippen molar-refractivity contribution in [1.82, 2.24) is 0 Å². The molecule has 0 heterocycles. The van der Waals surface area contributed by atoms with Crippen molar-refractivity contribution in [2.75, 3.05) is 7.11 Å². The van der Waals surface area contributed by atoms with Crippen molar-refractivity contribution in [2.45, 2.75) is 71.3 Å². The molecule has 0 aliphatic carbocycles. The molecule has 2 N–H and O–H groups in total. The van der Waals surface area contributed by atoms with Crippen LogP contribution in [0, 0.1) is 0 Å². The molecule has 0 radical (unpaired) electrons. The van der Waals surface area contributed by atoms with E-state index >= 15 is 0 Å². The first-order valence-corrected chi connectivity index (χ1v) is 16.3. The molecule has 7 heteroatoms. The summed E-state index contributed by atoms with van der Waals surface area (Å²) in [5.74, 6) is -0.605. The molecule has 0 unspecified atom stereocenters. The Labute approximate surface area is 285 Å². The van der Waals surface area contributed by atoms with E-state index < -0.39 is 0 Å². The van der Waals surface area contributed by atoms with Crippen molar-refractivity contribution in [2.24, 2.45) is 0 Å². The Bertz CT molecular complexity index is 1520. The van der Waals surface area contributed by atoms with E-state index in [9.17, 15) is 24.6 Å². The van der Waals surface area contributed by atoms with Crippen LogP contribution in [0.1, 0.15) is 81.4 Å². The lowest BCUT2D eigenvalue weighted by Gasteiger charge is -2.09. The summed E-state index contributed by atoms with van der Waals surface area (Å²) in [5.41, 5.74) is 1.67. The fourth-order valence-corrected chi connectivity index (χ4v) is 4.30. The number of aliphatic hydroxyl groups is 1. The average Bonchev–Trinajstić information content (AvgIpc) is 3.08. The van der Waals surface area contributed by atoms with Crippen LogP contribution in [0.4, 0.5) is 0 Å². The van der Waals surface area contributed by atoms with Gasteiger partial charge in [0.25, 0.3) is 0 Å². The molecule has 0 saturated carbocycles. The van der Waals surface area contributed by atoms with Gasteiger partial charge in [0.05, 0.1) is 20.1 Å². The van der Waals surface area contributed by atoms with Gasteiger partial charge in [-0.25, -0.2) is 0 Å². The number of ketones is 2. The van der Waals surface area contributed by atoms with Crippen molar-refractivity contribution >= 4 is 29.7 Å². The number of phenolic OH excluding ortho intramolecular Hbond substituents is 1. The second kappa shape index (κ2) is 24.2. The standard InChI is InChI=1S/C41H48O7/c1-3-4-5-6-7-8-9-10-11-12-13-14-15-16-17-18-19-20-41(46)48-39-28-24-33(29-35(39)32-42)21-25-36(43)31-37(44)26-22-34-23-27-38(45)40(30-34)47-2/h4-5,7-8,10-11,13-14,16-17,21-30,42,45H,3,6,9,12,15,18-20,31-32H2,1-2H3. The van der Waals surface area contributed by atoms with Crippen molar-refractivity contribution in [3.8, 4) is 17.2 Å². The van der Waals surface area contributed by atoms with Gasteiger partial charge in [0.1, 0.15) is 5.75 Å². The second-order valence-corrected chi connectivity index (χ2v) is 10.8. The minimum absolute atomic E-state index is 0.00937. The summed E-state index contributed by atoms with van der Waals surface area (Å²) in [7, 11) is 1.43. The highest BCUT2D eigenvalue weighted by atomic mass is 16.5. The maximum Gasteiger partial charge on any atom is 0.311 e. The van der Waals surface area contributed by atoms with Crippen LogP contribution in [0.2, 0.25) is 0 Å². The molecule has 0 amide bonds. The Morgan fingerprint density at radius 3 is 1.81 bits per heavy atom. The van der Waals surface area contributed by atoms with Crippen molar-refractivity contribution < 1.29 is 34.1 Å².